The van der Waals surface area contributed by atoms with Gasteiger partial charge in [0.05, 0.1) is 16.0 Å². The van der Waals surface area contributed by atoms with Crippen LogP contribution in [-0.4, -0.2) is 57.9 Å². The van der Waals surface area contributed by atoms with Crippen LogP contribution in [0, 0.1) is 0 Å². The van der Waals surface area contributed by atoms with Crippen molar-refractivity contribution in [3.63, 3.8) is 0 Å². The molecule has 1 aromatic carbocycles. The van der Waals surface area contributed by atoms with Crippen molar-refractivity contribution in [1.82, 2.24) is 24.9 Å². The number of rotatable bonds is 6. The Kier molecular flexibility index (Phi) is 5.58. The standard InChI is InChI=1S/C21H24F2N6O3S2/c1-20(5-6-20)28-34(31,32)12-3-4-14-13(11-12)15(17-26-27-18(33-17)16(22)23)25-19(24-14)29-9-7-21(2,30)8-10-29/h3-4,11,16,28,30H,5-10H2,1-2H3. The van der Waals surface area contributed by atoms with E-state index in [4.69, 9.17) is 0 Å². The number of anilines is 1. The first kappa shape index (κ1) is 23.4. The maximum Gasteiger partial charge on any atom is 0.291 e. The second kappa shape index (κ2) is 8.11. The second-order valence-electron chi connectivity index (χ2n) is 9.45. The number of alkyl halides is 2. The average molecular weight is 511 g/mol. The number of benzene rings is 1. The van der Waals surface area contributed by atoms with Crippen molar-refractivity contribution in [1.29, 1.82) is 0 Å². The van der Waals surface area contributed by atoms with Crippen LogP contribution in [0.4, 0.5) is 14.7 Å². The molecule has 5 rings (SSSR count). The van der Waals surface area contributed by atoms with Crippen LogP contribution in [0.1, 0.15) is 51.0 Å². The topological polar surface area (TPSA) is 121 Å². The summed E-state index contributed by atoms with van der Waals surface area (Å²) >= 11 is 0.711. The molecule has 2 N–H and O–H groups in total. The zero-order valence-electron chi connectivity index (χ0n) is 18.6. The average Bonchev–Trinajstić information content (AvgIpc) is 3.28. The highest BCUT2D eigenvalue weighted by Crippen LogP contribution is 2.38. The van der Waals surface area contributed by atoms with Gasteiger partial charge in [0.15, 0.2) is 10.0 Å². The van der Waals surface area contributed by atoms with Gasteiger partial charge in [-0.3, -0.25) is 0 Å². The van der Waals surface area contributed by atoms with Crippen molar-refractivity contribution in [3.05, 3.63) is 23.2 Å². The van der Waals surface area contributed by atoms with E-state index in [1.54, 1.807) is 13.0 Å². The van der Waals surface area contributed by atoms with Crippen LogP contribution < -0.4 is 9.62 Å². The fourth-order valence-electron chi connectivity index (χ4n) is 3.85. The van der Waals surface area contributed by atoms with Gasteiger partial charge in [0.1, 0.15) is 5.69 Å². The number of halogens is 2. The van der Waals surface area contributed by atoms with Crippen LogP contribution in [0.25, 0.3) is 21.6 Å². The number of nitrogens with zero attached hydrogens (tertiary/aromatic N) is 5. The lowest BCUT2D eigenvalue weighted by Gasteiger charge is -2.35. The molecular weight excluding hydrogens is 486 g/mol. The number of hydrogen-bond acceptors (Lipinski definition) is 9. The number of sulfonamides is 1. The largest absolute Gasteiger partial charge is 0.390 e. The Morgan fingerprint density at radius 1 is 1.12 bits per heavy atom. The third-order valence-corrected chi connectivity index (χ3v) is 8.87. The van der Waals surface area contributed by atoms with E-state index in [0.717, 1.165) is 12.8 Å². The van der Waals surface area contributed by atoms with Crippen molar-refractivity contribution in [3.8, 4) is 10.7 Å². The van der Waals surface area contributed by atoms with E-state index in [-0.39, 0.29) is 15.6 Å². The molecule has 0 bridgehead atoms. The smallest absolute Gasteiger partial charge is 0.291 e. The Morgan fingerprint density at radius 2 is 1.82 bits per heavy atom. The third-order valence-electron chi connectivity index (χ3n) is 6.30. The van der Waals surface area contributed by atoms with E-state index in [2.05, 4.69) is 24.9 Å². The minimum atomic E-state index is -3.79. The molecule has 0 atom stereocenters. The molecule has 34 heavy (non-hydrogen) atoms. The van der Waals surface area contributed by atoms with E-state index in [0.29, 0.717) is 54.1 Å². The van der Waals surface area contributed by atoms with Gasteiger partial charge >= 0.3 is 0 Å². The number of aromatic nitrogens is 4. The van der Waals surface area contributed by atoms with Crippen molar-refractivity contribution in [2.24, 2.45) is 0 Å². The molecule has 1 aliphatic heterocycles. The first-order valence-electron chi connectivity index (χ1n) is 10.9. The monoisotopic (exact) mass is 510 g/mol. The van der Waals surface area contributed by atoms with Gasteiger partial charge in [-0.15, -0.1) is 10.2 Å². The first-order chi connectivity index (χ1) is 15.9. The summed E-state index contributed by atoms with van der Waals surface area (Å²) in [6, 6.07) is 4.51. The minimum absolute atomic E-state index is 0.0401. The van der Waals surface area contributed by atoms with Crippen LogP contribution in [-0.2, 0) is 10.0 Å². The van der Waals surface area contributed by atoms with Gasteiger partial charge in [0, 0.05) is 24.0 Å². The van der Waals surface area contributed by atoms with E-state index < -0.39 is 32.6 Å². The quantitative estimate of drug-likeness (QED) is 0.518. The molecule has 0 spiro atoms. The van der Waals surface area contributed by atoms with Crippen molar-refractivity contribution in [2.45, 2.75) is 62.0 Å². The van der Waals surface area contributed by atoms with Gasteiger partial charge in [-0.25, -0.2) is 31.9 Å². The molecule has 1 aliphatic carbocycles. The highest BCUT2D eigenvalue weighted by Gasteiger charge is 2.41. The maximum atomic E-state index is 13.2. The zero-order chi connectivity index (χ0) is 24.3. The summed E-state index contributed by atoms with van der Waals surface area (Å²) in [4.78, 5) is 11.2. The minimum Gasteiger partial charge on any atom is -0.390 e. The fourth-order valence-corrected chi connectivity index (χ4v) is 6.04. The third kappa shape index (κ3) is 4.61. The number of hydrogen-bond donors (Lipinski definition) is 2. The first-order valence-corrected chi connectivity index (χ1v) is 13.2. The number of piperidine rings is 1. The van der Waals surface area contributed by atoms with Crippen LogP contribution >= 0.6 is 11.3 Å². The lowest BCUT2D eigenvalue weighted by molar-refractivity contribution is 0.0349. The van der Waals surface area contributed by atoms with E-state index >= 15 is 0 Å². The van der Waals surface area contributed by atoms with Gasteiger partial charge < -0.3 is 10.0 Å². The highest BCUT2D eigenvalue weighted by atomic mass is 32.2. The summed E-state index contributed by atoms with van der Waals surface area (Å²) in [5.74, 6) is 0.367. The van der Waals surface area contributed by atoms with Crippen molar-refractivity contribution >= 4 is 38.2 Å². The Bertz CT molecular complexity index is 1350. The molecule has 2 aliphatic rings. The summed E-state index contributed by atoms with van der Waals surface area (Å²) in [6.45, 7) is 4.66. The molecule has 2 aromatic heterocycles. The van der Waals surface area contributed by atoms with E-state index in [1.807, 2.05) is 11.8 Å². The molecule has 182 valence electrons. The number of fused-ring (bicyclic) bond motifs is 1. The normalized spacial score (nSPS) is 19.6. The molecule has 9 nitrogen and oxygen atoms in total. The molecule has 0 radical (unpaired) electrons. The second-order valence-corrected chi connectivity index (χ2v) is 12.1. The number of aliphatic hydroxyl groups is 1. The van der Waals surface area contributed by atoms with Crippen molar-refractivity contribution in [2.75, 3.05) is 18.0 Å². The zero-order valence-corrected chi connectivity index (χ0v) is 20.3. The van der Waals surface area contributed by atoms with Gasteiger partial charge in [0.2, 0.25) is 16.0 Å². The summed E-state index contributed by atoms with van der Waals surface area (Å²) in [5, 5.41) is 17.8. The SMILES string of the molecule is CC1(O)CCN(c2nc(-c3nnc(C(F)F)s3)c3cc(S(=O)(=O)NC4(C)CC4)ccc3n2)CC1. The Hall–Kier alpha value is -2.35. The molecular formula is C21H24F2N6O3S2. The fraction of sp³-hybridized carbons (Fsp3) is 0.524. The summed E-state index contributed by atoms with van der Waals surface area (Å²) in [6.07, 6.45) is -0.190. The lowest BCUT2D eigenvalue weighted by Crippen LogP contribution is -2.43. The highest BCUT2D eigenvalue weighted by molar-refractivity contribution is 7.89. The van der Waals surface area contributed by atoms with Crippen LogP contribution in [0.3, 0.4) is 0 Å². The molecule has 2 fully saturated rings. The molecule has 1 saturated carbocycles. The van der Waals surface area contributed by atoms with Crippen LogP contribution in [0.5, 0.6) is 0 Å². The Balaban J connectivity index is 1.61. The molecule has 3 heterocycles. The summed E-state index contributed by atoms with van der Waals surface area (Å²) < 4.78 is 55.0. The van der Waals surface area contributed by atoms with Crippen LogP contribution in [0.2, 0.25) is 0 Å². The molecule has 13 heteroatoms. The predicted octanol–water partition coefficient (Wildman–Crippen LogP) is 3.27. The molecule has 0 amide bonds. The van der Waals surface area contributed by atoms with Gasteiger partial charge in [-0.2, -0.15) is 0 Å². The van der Waals surface area contributed by atoms with Gasteiger partial charge in [0.25, 0.3) is 6.43 Å². The number of nitrogens with one attached hydrogen (secondary N) is 1. The van der Waals surface area contributed by atoms with Crippen LogP contribution in [0.15, 0.2) is 23.1 Å². The Labute approximate surface area is 199 Å². The molecule has 1 saturated heterocycles. The molecule has 0 unspecified atom stereocenters. The van der Waals surface area contributed by atoms with E-state index in [1.165, 1.54) is 12.1 Å². The van der Waals surface area contributed by atoms with Gasteiger partial charge in [-0.1, -0.05) is 11.3 Å². The van der Waals surface area contributed by atoms with E-state index in [9.17, 15) is 22.3 Å². The maximum absolute atomic E-state index is 13.2. The van der Waals surface area contributed by atoms with Crippen molar-refractivity contribution < 1.29 is 22.3 Å². The lowest BCUT2D eigenvalue weighted by atomic mass is 9.94. The van der Waals surface area contributed by atoms with Gasteiger partial charge in [-0.05, 0) is 57.7 Å². The predicted molar refractivity (Wildman–Crippen MR) is 123 cm³/mol. The summed E-state index contributed by atoms with van der Waals surface area (Å²) in [5.41, 5.74) is -0.507. The Morgan fingerprint density at radius 3 is 2.44 bits per heavy atom. The molecule has 3 aromatic rings. The summed E-state index contributed by atoms with van der Waals surface area (Å²) in [7, 11) is -3.79.